The van der Waals surface area contributed by atoms with Crippen molar-refractivity contribution >= 4 is 23.5 Å². The normalized spacial score (nSPS) is 12.6. The summed E-state index contributed by atoms with van der Waals surface area (Å²) in [5.74, 6) is 2.43. The average Bonchev–Trinajstić information content (AvgIpc) is 2.81. The summed E-state index contributed by atoms with van der Waals surface area (Å²) < 4.78 is 22.4. The summed E-state index contributed by atoms with van der Waals surface area (Å²) in [7, 11) is 1.61. The molecule has 4 rings (SSSR count). The fraction of sp³-hybridized carbons (Fsp3) is 0.192. The van der Waals surface area contributed by atoms with Crippen molar-refractivity contribution in [3.63, 3.8) is 0 Å². The fourth-order valence-electron chi connectivity index (χ4n) is 3.36. The van der Waals surface area contributed by atoms with E-state index in [0.717, 1.165) is 16.7 Å². The first kappa shape index (κ1) is 21.8. The second-order valence-corrected chi connectivity index (χ2v) is 7.76. The minimum Gasteiger partial charge on any atom is -0.496 e. The molecule has 3 aromatic rings. The zero-order valence-electron chi connectivity index (χ0n) is 17.9. The van der Waals surface area contributed by atoms with Crippen LogP contribution in [0.5, 0.6) is 23.0 Å². The highest BCUT2D eigenvalue weighted by Crippen LogP contribution is 2.31. The van der Waals surface area contributed by atoms with Crippen LogP contribution in [-0.2, 0) is 6.61 Å². The Kier molecular flexibility index (Phi) is 6.66. The summed E-state index contributed by atoms with van der Waals surface area (Å²) in [6.07, 6.45) is 3.30. The van der Waals surface area contributed by atoms with Crippen LogP contribution in [0.2, 0.25) is 5.02 Å². The fourth-order valence-corrected chi connectivity index (χ4v) is 3.65. The number of halogens is 1. The Morgan fingerprint density at radius 3 is 2.56 bits per heavy atom. The van der Waals surface area contributed by atoms with Gasteiger partial charge >= 0.3 is 0 Å². The Balaban J connectivity index is 1.49. The topological polar surface area (TPSA) is 54.0 Å². The highest BCUT2D eigenvalue weighted by Gasteiger charge is 2.14. The number of fused-ring (bicyclic) bond motifs is 1. The smallest absolute Gasteiger partial charge is 0.185 e. The number of ether oxygens (including phenoxy) is 4. The Morgan fingerprint density at radius 2 is 1.78 bits per heavy atom. The second kappa shape index (κ2) is 9.79. The number of benzene rings is 3. The maximum absolute atomic E-state index is 12.6. The van der Waals surface area contributed by atoms with Crippen molar-refractivity contribution in [3.8, 4) is 23.0 Å². The Morgan fingerprint density at radius 1 is 1.00 bits per heavy atom. The van der Waals surface area contributed by atoms with Gasteiger partial charge in [0.2, 0.25) is 0 Å². The largest absolute Gasteiger partial charge is 0.496 e. The van der Waals surface area contributed by atoms with E-state index in [-0.39, 0.29) is 12.4 Å². The van der Waals surface area contributed by atoms with Crippen molar-refractivity contribution in [2.45, 2.75) is 13.5 Å². The van der Waals surface area contributed by atoms with E-state index in [0.29, 0.717) is 46.8 Å². The van der Waals surface area contributed by atoms with Gasteiger partial charge in [-0.25, -0.2) is 0 Å². The average molecular weight is 451 g/mol. The lowest BCUT2D eigenvalue weighted by Gasteiger charge is -2.18. The van der Waals surface area contributed by atoms with E-state index >= 15 is 0 Å². The number of hydrogen-bond acceptors (Lipinski definition) is 5. The Hall–Kier alpha value is -3.44. The molecular formula is C26H23ClO5. The van der Waals surface area contributed by atoms with Crippen LogP contribution < -0.4 is 18.9 Å². The summed E-state index contributed by atoms with van der Waals surface area (Å²) in [6.45, 7) is 3.25. The van der Waals surface area contributed by atoms with E-state index < -0.39 is 0 Å². The molecule has 0 aliphatic carbocycles. The van der Waals surface area contributed by atoms with Crippen LogP contribution in [0.25, 0.3) is 6.08 Å². The van der Waals surface area contributed by atoms with Crippen LogP contribution in [-0.4, -0.2) is 26.1 Å². The number of rotatable bonds is 7. The number of methoxy groups -OCH3 is 1. The molecule has 0 saturated heterocycles. The van der Waals surface area contributed by atoms with Gasteiger partial charge in [-0.1, -0.05) is 29.8 Å². The van der Waals surface area contributed by atoms with Crippen molar-refractivity contribution in [2.24, 2.45) is 0 Å². The van der Waals surface area contributed by atoms with E-state index in [2.05, 4.69) is 0 Å². The van der Waals surface area contributed by atoms with Crippen molar-refractivity contribution < 1.29 is 23.7 Å². The number of carbonyl (C=O) groups is 1. The zero-order valence-corrected chi connectivity index (χ0v) is 18.6. The molecule has 0 saturated carbocycles. The van der Waals surface area contributed by atoms with Crippen molar-refractivity contribution in [1.82, 2.24) is 0 Å². The van der Waals surface area contributed by atoms with E-state index in [1.165, 1.54) is 6.08 Å². The van der Waals surface area contributed by atoms with Crippen LogP contribution in [0.15, 0.2) is 60.7 Å². The van der Waals surface area contributed by atoms with Gasteiger partial charge in [0.1, 0.15) is 31.3 Å². The minimum atomic E-state index is -0.123. The molecule has 0 radical (unpaired) electrons. The summed E-state index contributed by atoms with van der Waals surface area (Å²) >= 11 is 6.27. The lowest BCUT2D eigenvalue weighted by molar-refractivity contribution is 0.104. The van der Waals surface area contributed by atoms with Gasteiger partial charge in [-0.15, -0.1) is 0 Å². The first-order chi connectivity index (χ1) is 15.5. The van der Waals surface area contributed by atoms with Crippen molar-refractivity contribution in [2.75, 3.05) is 20.3 Å². The van der Waals surface area contributed by atoms with Gasteiger partial charge in [-0.3, -0.25) is 4.79 Å². The molecule has 0 unspecified atom stereocenters. The molecule has 1 heterocycles. The molecule has 0 fully saturated rings. The molecule has 0 amide bonds. The van der Waals surface area contributed by atoms with Gasteiger partial charge in [0, 0.05) is 11.1 Å². The van der Waals surface area contributed by atoms with Crippen molar-refractivity contribution in [1.29, 1.82) is 0 Å². The summed E-state index contributed by atoms with van der Waals surface area (Å²) in [6, 6.07) is 16.5. The highest BCUT2D eigenvalue weighted by atomic mass is 35.5. The predicted molar refractivity (Wildman–Crippen MR) is 124 cm³/mol. The first-order valence-electron chi connectivity index (χ1n) is 10.2. The molecule has 32 heavy (non-hydrogen) atoms. The third kappa shape index (κ3) is 5.06. The minimum absolute atomic E-state index is 0.123. The van der Waals surface area contributed by atoms with Gasteiger partial charge in [0.25, 0.3) is 0 Å². The molecule has 1 aliphatic heterocycles. The van der Waals surface area contributed by atoms with Gasteiger partial charge in [0.05, 0.1) is 12.1 Å². The summed E-state index contributed by atoms with van der Waals surface area (Å²) in [5.41, 5.74) is 3.30. The number of aryl methyl sites for hydroxylation is 1. The highest BCUT2D eigenvalue weighted by molar-refractivity contribution is 6.32. The van der Waals surface area contributed by atoms with E-state index in [1.54, 1.807) is 31.4 Å². The van der Waals surface area contributed by atoms with Gasteiger partial charge in [-0.2, -0.15) is 0 Å². The van der Waals surface area contributed by atoms with E-state index in [9.17, 15) is 4.79 Å². The van der Waals surface area contributed by atoms with Gasteiger partial charge < -0.3 is 18.9 Å². The SMILES string of the molecule is COc1ccc(/C=C/C(=O)c2ccc3c(c2)OCCO3)cc1COc1ccc(C)cc1Cl. The first-order valence-corrected chi connectivity index (χ1v) is 10.6. The molecule has 5 nitrogen and oxygen atoms in total. The molecular weight excluding hydrogens is 428 g/mol. The molecule has 0 spiro atoms. The predicted octanol–water partition coefficient (Wildman–Crippen LogP) is 5.90. The molecule has 3 aromatic carbocycles. The standard InChI is InChI=1S/C26H23ClO5/c1-17-3-8-24(21(27)13-17)32-16-20-14-18(5-9-23(20)29-2)4-7-22(28)19-6-10-25-26(15-19)31-12-11-30-25/h3-10,13-15H,11-12,16H2,1-2H3/b7-4+. The maximum Gasteiger partial charge on any atom is 0.185 e. The summed E-state index contributed by atoms with van der Waals surface area (Å²) in [5, 5.41) is 0.560. The Labute approximate surface area is 192 Å². The molecule has 6 heteroatoms. The Bertz CT molecular complexity index is 1170. The second-order valence-electron chi connectivity index (χ2n) is 7.35. The van der Waals surface area contributed by atoms with E-state index in [4.69, 9.17) is 30.5 Å². The van der Waals surface area contributed by atoms with Crippen LogP contribution in [0.4, 0.5) is 0 Å². The van der Waals surface area contributed by atoms with Crippen LogP contribution in [0.3, 0.4) is 0 Å². The lowest BCUT2D eigenvalue weighted by atomic mass is 10.1. The third-order valence-electron chi connectivity index (χ3n) is 5.03. The van der Waals surface area contributed by atoms with Crippen molar-refractivity contribution in [3.05, 3.63) is 87.9 Å². The monoisotopic (exact) mass is 450 g/mol. The van der Waals surface area contributed by atoms with Crippen LogP contribution >= 0.6 is 11.6 Å². The third-order valence-corrected chi connectivity index (χ3v) is 5.32. The molecule has 1 aliphatic rings. The molecule has 0 bridgehead atoms. The van der Waals surface area contributed by atoms with E-state index in [1.807, 2.05) is 43.3 Å². The van der Waals surface area contributed by atoms with Gasteiger partial charge in [0.15, 0.2) is 17.3 Å². The number of carbonyl (C=O) groups excluding carboxylic acids is 1. The van der Waals surface area contributed by atoms with Crippen LogP contribution in [0, 0.1) is 6.92 Å². The summed E-state index contributed by atoms with van der Waals surface area (Å²) in [4.78, 5) is 12.6. The quantitative estimate of drug-likeness (QED) is 0.331. The van der Waals surface area contributed by atoms with Crippen LogP contribution in [0.1, 0.15) is 27.0 Å². The number of hydrogen-bond donors (Lipinski definition) is 0. The lowest BCUT2D eigenvalue weighted by Crippen LogP contribution is -2.15. The molecule has 0 atom stereocenters. The molecule has 164 valence electrons. The molecule has 0 N–H and O–H groups in total. The van der Waals surface area contributed by atoms with Gasteiger partial charge in [-0.05, 0) is 66.6 Å². The number of ketones is 1. The maximum atomic E-state index is 12.6. The zero-order chi connectivity index (χ0) is 22.5. The molecule has 0 aromatic heterocycles. The number of allylic oxidation sites excluding steroid dienone is 1.